The lowest BCUT2D eigenvalue weighted by atomic mass is 9.82. The first-order valence-corrected chi connectivity index (χ1v) is 12.8. The van der Waals surface area contributed by atoms with Crippen LogP contribution in [0, 0.1) is 5.92 Å². The number of fused-ring (bicyclic) bond motifs is 3. The van der Waals surface area contributed by atoms with Crippen LogP contribution in [0.4, 0.5) is 24.5 Å². The molecule has 2 aromatic carbocycles. The molecule has 3 heterocycles. The Bertz CT molecular complexity index is 1200. The quantitative estimate of drug-likeness (QED) is 0.473. The van der Waals surface area contributed by atoms with Gasteiger partial charge in [-0.1, -0.05) is 29.8 Å². The number of benzene rings is 2. The van der Waals surface area contributed by atoms with Crippen LogP contribution in [0.2, 0.25) is 5.02 Å². The van der Waals surface area contributed by atoms with Crippen LogP contribution in [-0.4, -0.2) is 38.1 Å². The van der Waals surface area contributed by atoms with Gasteiger partial charge in [0.2, 0.25) is 5.91 Å². The Morgan fingerprint density at radius 2 is 1.91 bits per heavy atom. The molecule has 1 fully saturated rings. The Kier molecular flexibility index (Phi) is 6.68. The Morgan fingerprint density at radius 3 is 2.66 bits per heavy atom. The molecule has 1 saturated heterocycles. The third-order valence-corrected chi connectivity index (χ3v) is 8.08. The highest BCUT2D eigenvalue weighted by Crippen LogP contribution is 2.40. The van der Waals surface area contributed by atoms with Gasteiger partial charge in [0.15, 0.2) is 0 Å². The summed E-state index contributed by atoms with van der Waals surface area (Å²) in [5.74, 6) is -0.597. The van der Waals surface area contributed by atoms with Crippen molar-refractivity contribution in [1.29, 1.82) is 0 Å². The Balaban J connectivity index is 1.42. The summed E-state index contributed by atoms with van der Waals surface area (Å²) in [6, 6.07) is 15.3. The lowest BCUT2D eigenvalue weighted by molar-refractivity contribution is -0.137. The molecular weight excluding hydrogens is 495 g/mol. The van der Waals surface area contributed by atoms with E-state index in [1.54, 1.807) is 17.4 Å². The van der Waals surface area contributed by atoms with Crippen LogP contribution >= 0.6 is 22.9 Å². The van der Waals surface area contributed by atoms with Crippen LogP contribution in [0.1, 0.15) is 16.0 Å². The van der Waals surface area contributed by atoms with Crippen molar-refractivity contribution in [2.45, 2.75) is 25.1 Å². The summed E-state index contributed by atoms with van der Waals surface area (Å²) in [5.41, 5.74) is 1.58. The molecule has 1 amide bonds. The van der Waals surface area contributed by atoms with E-state index in [1.807, 2.05) is 41.8 Å². The van der Waals surface area contributed by atoms with E-state index in [1.165, 1.54) is 10.9 Å². The number of carbonyl (C=O) groups excluding carboxylic acids is 1. The molecule has 0 radical (unpaired) electrons. The summed E-state index contributed by atoms with van der Waals surface area (Å²) in [6.45, 7) is 2.31. The van der Waals surface area contributed by atoms with Gasteiger partial charge in [-0.2, -0.15) is 13.2 Å². The number of alkyl halides is 3. The second-order valence-electron chi connectivity index (χ2n) is 8.93. The molecule has 1 aromatic heterocycles. The molecule has 0 spiro atoms. The fourth-order valence-corrected chi connectivity index (χ4v) is 6.09. The first-order valence-electron chi connectivity index (χ1n) is 11.6. The maximum absolute atomic E-state index is 13.4. The number of hydrogen-bond acceptors (Lipinski definition) is 4. The van der Waals surface area contributed by atoms with Crippen molar-refractivity contribution in [3.8, 4) is 0 Å². The molecule has 2 aliphatic rings. The van der Waals surface area contributed by atoms with E-state index in [0.717, 1.165) is 23.9 Å². The van der Waals surface area contributed by atoms with Crippen LogP contribution in [0.15, 0.2) is 60.0 Å². The maximum Gasteiger partial charge on any atom is 0.416 e. The van der Waals surface area contributed by atoms with Crippen LogP contribution in [0.3, 0.4) is 0 Å². The molecule has 2 atom stereocenters. The number of anilines is 2. The molecule has 4 nitrogen and oxygen atoms in total. The van der Waals surface area contributed by atoms with Gasteiger partial charge in [-0.3, -0.25) is 4.79 Å². The number of halogens is 4. The molecule has 0 saturated carbocycles. The number of hydrogen-bond donors (Lipinski definition) is 1. The number of nitrogens with zero attached hydrogens (tertiary/aromatic N) is 2. The molecule has 2 aliphatic heterocycles. The minimum atomic E-state index is -4.42. The summed E-state index contributed by atoms with van der Waals surface area (Å²) in [7, 11) is 0. The predicted molar refractivity (Wildman–Crippen MR) is 134 cm³/mol. The van der Waals surface area contributed by atoms with Gasteiger partial charge in [-0.25, -0.2) is 0 Å². The fourth-order valence-electron chi connectivity index (χ4n) is 5.12. The van der Waals surface area contributed by atoms with Crippen molar-refractivity contribution < 1.29 is 18.0 Å². The molecule has 0 aliphatic carbocycles. The van der Waals surface area contributed by atoms with Gasteiger partial charge in [0, 0.05) is 36.7 Å². The second-order valence-corrected chi connectivity index (χ2v) is 10.4. The number of piperazine rings is 1. The van der Waals surface area contributed by atoms with E-state index in [0.29, 0.717) is 36.8 Å². The van der Waals surface area contributed by atoms with Crippen LogP contribution in [-0.2, 0) is 23.8 Å². The summed E-state index contributed by atoms with van der Waals surface area (Å²) < 4.78 is 40.2. The second kappa shape index (κ2) is 9.74. The molecule has 184 valence electrons. The average molecular weight is 520 g/mol. The average Bonchev–Trinajstić information content (AvgIpc) is 3.36. The molecule has 3 aromatic rings. The van der Waals surface area contributed by atoms with Crippen molar-refractivity contribution >= 4 is 40.2 Å². The number of nitrogens with one attached hydrogen (secondary N) is 1. The van der Waals surface area contributed by atoms with Gasteiger partial charge < -0.3 is 15.1 Å². The van der Waals surface area contributed by atoms with Crippen molar-refractivity contribution in [2.24, 2.45) is 5.92 Å². The van der Waals surface area contributed by atoms with E-state index < -0.39 is 17.7 Å². The number of carbonyl (C=O) groups is 1. The Morgan fingerprint density at radius 1 is 1.09 bits per heavy atom. The highest BCUT2D eigenvalue weighted by Gasteiger charge is 2.43. The third-order valence-electron chi connectivity index (χ3n) is 6.82. The summed E-state index contributed by atoms with van der Waals surface area (Å²) in [6.07, 6.45) is -3.43. The third kappa shape index (κ3) is 5.00. The minimum absolute atomic E-state index is 0.124. The Labute approximate surface area is 211 Å². The zero-order valence-corrected chi connectivity index (χ0v) is 20.5. The van der Waals surface area contributed by atoms with Crippen LogP contribution < -0.4 is 15.1 Å². The maximum atomic E-state index is 13.4. The van der Waals surface area contributed by atoms with Gasteiger partial charge in [0.25, 0.3) is 0 Å². The van der Waals surface area contributed by atoms with Crippen molar-refractivity contribution in [3.63, 3.8) is 0 Å². The van der Waals surface area contributed by atoms with E-state index in [-0.39, 0.29) is 18.4 Å². The normalized spacial score (nSPS) is 19.8. The van der Waals surface area contributed by atoms with Gasteiger partial charge in [-0.05, 0) is 60.2 Å². The smallest absolute Gasteiger partial charge is 0.366 e. The molecular formula is C26H25ClF3N3OS. The van der Waals surface area contributed by atoms with E-state index in [2.05, 4.69) is 15.1 Å². The SMILES string of the molecule is O=C(NCCc1cccs1)[C@@H]1Cc2cc(C(F)(F)F)ccc2N2CCN(c3ccccc3Cl)C[C@H]12. The Hall–Kier alpha value is -2.71. The topological polar surface area (TPSA) is 35.6 Å². The number of amides is 1. The largest absolute Gasteiger partial charge is 0.416 e. The van der Waals surface area contributed by atoms with E-state index in [9.17, 15) is 18.0 Å². The first kappa shape index (κ1) is 24.0. The highest BCUT2D eigenvalue weighted by molar-refractivity contribution is 7.09. The molecule has 1 N–H and O–H groups in total. The van der Waals surface area contributed by atoms with Gasteiger partial charge >= 0.3 is 6.18 Å². The lowest BCUT2D eigenvalue weighted by Gasteiger charge is -2.50. The van der Waals surface area contributed by atoms with Gasteiger partial charge in [0.05, 0.1) is 28.2 Å². The monoisotopic (exact) mass is 519 g/mol. The fraction of sp³-hybridized carbons (Fsp3) is 0.346. The molecule has 0 unspecified atom stereocenters. The van der Waals surface area contributed by atoms with Crippen molar-refractivity contribution in [1.82, 2.24) is 5.32 Å². The molecule has 35 heavy (non-hydrogen) atoms. The van der Waals surface area contributed by atoms with Gasteiger partial charge in [0.1, 0.15) is 0 Å². The highest BCUT2D eigenvalue weighted by atomic mass is 35.5. The van der Waals surface area contributed by atoms with Crippen molar-refractivity contribution in [2.75, 3.05) is 36.0 Å². The molecule has 0 bridgehead atoms. The van der Waals surface area contributed by atoms with Crippen LogP contribution in [0.5, 0.6) is 0 Å². The lowest BCUT2D eigenvalue weighted by Crippen LogP contribution is -2.61. The first-order chi connectivity index (χ1) is 16.8. The van der Waals surface area contributed by atoms with E-state index >= 15 is 0 Å². The number of rotatable bonds is 5. The minimum Gasteiger partial charge on any atom is -0.366 e. The summed E-state index contributed by atoms with van der Waals surface area (Å²) in [5, 5.41) is 5.68. The van der Waals surface area contributed by atoms with E-state index in [4.69, 9.17) is 11.6 Å². The summed E-state index contributed by atoms with van der Waals surface area (Å²) in [4.78, 5) is 18.8. The van der Waals surface area contributed by atoms with Crippen molar-refractivity contribution in [3.05, 3.63) is 81.0 Å². The standard InChI is InChI=1S/C26H25ClF3N3OS/c27-21-5-1-2-6-23(21)32-11-12-33-22-8-7-18(26(28,29)30)14-17(22)15-20(24(33)16-32)25(34)31-10-9-19-4-3-13-35-19/h1-8,13-14,20,24H,9-12,15-16H2,(H,31,34)/t20-,24-/m1/s1. The van der Waals surface area contributed by atoms with Gasteiger partial charge in [-0.15, -0.1) is 11.3 Å². The van der Waals surface area contributed by atoms with Crippen LogP contribution in [0.25, 0.3) is 0 Å². The number of thiophene rings is 1. The predicted octanol–water partition coefficient (Wildman–Crippen LogP) is 5.65. The molecule has 9 heteroatoms. The summed E-state index contributed by atoms with van der Waals surface area (Å²) >= 11 is 8.09. The zero-order chi connectivity index (χ0) is 24.6. The zero-order valence-electron chi connectivity index (χ0n) is 18.9. The molecule has 5 rings (SSSR count). The number of para-hydroxylation sites is 1.